The fraction of sp³-hybridized carbons (Fsp3) is 1.00. The summed E-state index contributed by atoms with van der Waals surface area (Å²) in [5.74, 6) is 0. The molecule has 2 aliphatic heterocycles. The maximum Gasteiger partial charge on any atom is 0.0428 e. The molecule has 0 aromatic heterocycles. The number of rotatable bonds is 1. The van der Waals surface area contributed by atoms with Crippen LogP contribution >= 0.6 is 0 Å². The predicted molar refractivity (Wildman–Crippen MR) is 74.5 cm³/mol. The van der Waals surface area contributed by atoms with Gasteiger partial charge in [0.05, 0.1) is 0 Å². The molecule has 0 saturated carbocycles. The van der Waals surface area contributed by atoms with Gasteiger partial charge in [-0.2, -0.15) is 0 Å². The SMILES string of the molecule is C1CCNCC1.CCCO.CN1CCNCC1. The molecule has 17 heavy (non-hydrogen) atoms. The molecule has 0 atom stereocenters. The van der Waals surface area contributed by atoms with Crippen LogP contribution in [0.3, 0.4) is 0 Å². The molecule has 0 unspecified atom stereocenters. The lowest BCUT2D eigenvalue weighted by atomic mass is 10.2. The summed E-state index contributed by atoms with van der Waals surface area (Å²) in [6.45, 7) is 9.49. The first-order valence-electron chi connectivity index (χ1n) is 7.02. The van der Waals surface area contributed by atoms with E-state index in [9.17, 15) is 0 Å². The topological polar surface area (TPSA) is 47.5 Å². The lowest BCUT2D eigenvalue weighted by Gasteiger charge is -2.21. The smallest absolute Gasteiger partial charge is 0.0428 e. The molecule has 2 rings (SSSR count). The van der Waals surface area contributed by atoms with E-state index >= 15 is 0 Å². The number of nitrogens with one attached hydrogen (secondary N) is 2. The van der Waals surface area contributed by atoms with Crippen molar-refractivity contribution in [2.45, 2.75) is 32.6 Å². The average Bonchev–Trinajstić information content (AvgIpc) is 2.43. The Kier molecular flexibility index (Phi) is 13.8. The fourth-order valence-corrected chi connectivity index (χ4v) is 1.58. The van der Waals surface area contributed by atoms with Gasteiger partial charge in [0.1, 0.15) is 0 Å². The zero-order valence-corrected chi connectivity index (χ0v) is 11.7. The number of nitrogens with zero attached hydrogens (tertiary/aromatic N) is 1. The van der Waals surface area contributed by atoms with Crippen LogP contribution in [0.4, 0.5) is 0 Å². The molecule has 0 radical (unpaired) electrons. The Morgan fingerprint density at radius 1 is 0.941 bits per heavy atom. The van der Waals surface area contributed by atoms with Crippen molar-refractivity contribution in [3.8, 4) is 0 Å². The van der Waals surface area contributed by atoms with E-state index in [1.807, 2.05) is 6.92 Å². The van der Waals surface area contributed by atoms with Crippen molar-refractivity contribution in [3.63, 3.8) is 0 Å². The summed E-state index contributed by atoms with van der Waals surface area (Å²) < 4.78 is 0. The highest BCUT2D eigenvalue weighted by molar-refractivity contribution is 4.62. The van der Waals surface area contributed by atoms with E-state index in [2.05, 4.69) is 22.6 Å². The number of aliphatic hydroxyl groups is 1. The first kappa shape index (κ1) is 16.8. The summed E-state index contributed by atoms with van der Waals surface area (Å²) in [6.07, 6.45) is 5.09. The van der Waals surface area contributed by atoms with Crippen molar-refractivity contribution in [2.75, 3.05) is 52.9 Å². The monoisotopic (exact) mass is 245 g/mol. The third-order valence-corrected chi connectivity index (χ3v) is 2.77. The number of hydrogen-bond acceptors (Lipinski definition) is 4. The van der Waals surface area contributed by atoms with Crippen LogP contribution in [0, 0.1) is 0 Å². The van der Waals surface area contributed by atoms with Gasteiger partial charge in [-0.15, -0.1) is 0 Å². The van der Waals surface area contributed by atoms with Crippen LogP contribution in [0.2, 0.25) is 0 Å². The largest absolute Gasteiger partial charge is 0.396 e. The molecule has 4 heteroatoms. The van der Waals surface area contributed by atoms with Gasteiger partial charge in [-0.05, 0) is 39.4 Å². The van der Waals surface area contributed by atoms with E-state index < -0.39 is 0 Å². The Hall–Kier alpha value is -0.160. The molecule has 0 spiro atoms. The molecule has 0 aromatic rings. The Labute approximate surface area is 107 Å². The minimum atomic E-state index is 0.319. The molecule has 0 bridgehead atoms. The Morgan fingerprint density at radius 3 is 1.59 bits per heavy atom. The number of aliphatic hydroxyl groups excluding tert-OH is 1. The molecule has 0 aliphatic carbocycles. The summed E-state index contributed by atoms with van der Waals surface area (Å²) in [5, 5.41) is 14.4. The van der Waals surface area contributed by atoms with E-state index in [0.29, 0.717) is 6.61 Å². The Balaban J connectivity index is 0.000000236. The second kappa shape index (κ2) is 13.9. The van der Waals surface area contributed by atoms with Crippen molar-refractivity contribution in [3.05, 3.63) is 0 Å². The van der Waals surface area contributed by atoms with Crippen LogP contribution in [-0.2, 0) is 0 Å². The average molecular weight is 245 g/mol. The van der Waals surface area contributed by atoms with Crippen LogP contribution in [0.1, 0.15) is 32.6 Å². The van der Waals surface area contributed by atoms with Crippen molar-refractivity contribution < 1.29 is 5.11 Å². The van der Waals surface area contributed by atoms with E-state index in [1.54, 1.807) is 0 Å². The highest BCUT2D eigenvalue weighted by Crippen LogP contribution is 1.96. The standard InChI is InChI=1S/C5H12N2.C5H11N.C3H8O/c1-7-4-2-6-3-5-7;1-2-4-6-5-3-1;1-2-3-4/h6H,2-5H2,1H3;6H,1-5H2;4H,2-3H2,1H3. The number of hydrogen-bond donors (Lipinski definition) is 3. The predicted octanol–water partition coefficient (Wildman–Crippen LogP) is 0.670. The highest BCUT2D eigenvalue weighted by Gasteiger charge is 2.01. The van der Waals surface area contributed by atoms with Crippen LogP contribution in [0.25, 0.3) is 0 Å². The highest BCUT2D eigenvalue weighted by atomic mass is 16.2. The van der Waals surface area contributed by atoms with Crippen molar-refractivity contribution in [1.82, 2.24) is 15.5 Å². The lowest BCUT2D eigenvalue weighted by Crippen LogP contribution is -2.40. The van der Waals surface area contributed by atoms with Gasteiger partial charge in [-0.25, -0.2) is 0 Å². The minimum Gasteiger partial charge on any atom is -0.396 e. The molecule has 104 valence electrons. The third-order valence-electron chi connectivity index (χ3n) is 2.77. The van der Waals surface area contributed by atoms with E-state index in [1.165, 1.54) is 45.4 Å². The van der Waals surface area contributed by atoms with Crippen molar-refractivity contribution in [2.24, 2.45) is 0 Å². The van der Waals surface area contributed by atoms with Crippen LogP contribution in [0.5, 0.6) is 0 Å². The second-order valence-corrected chi connectivity index (χ2v) is 4.59. The molecular formula is C13H31N3O. The Morgan fingerprint density at radius 2 is 1.41 bits per heavy atom. The number of likely N-dealkylation sites (N-methyl/N-ethyl adjacent to an activating group) is 1. The van der Waals surface area contributed by atoms with Crippen LogP contribution in [-0.4, -0.2) is 62.9 Å². The van der Waals surface area contributed by atoms with Gasteiger partial charge >= 0.3 is 0 Å². The normalized spacial score (nSPS) is 20.6. The quantitative estimate of drug-likeness (QED) is 0.635. The molecule has 3 N–H and O–H groups in total. The van der Waals surface area contributed by atoms with Gasteiger partial charge in [0.2, 0.25) is 0 Å². The number of piperidine rings is 1. The van der Waals surface area contributed by atoms with Crippen molar-refractivity contribution >= 4 is 0 Å². The first-order chi connectivity index (χ1) is 8.31. The summed E-state index contributed by atoms with van der Waals surface area (Å²) >= 11 is 0. The molecular weight excluding hydrogens is 214 g/mol. The molecule has 0 amide bonds. The van der Waals surface area contributed by atoms with Crippen LogP contribution in [0.15, 0.2) is 0 Å². The summed E-state index contributed by atoms with van der Waals surface area (Å²) in [7, 11) is 2.15. The molecule has 2 fully saturated rings. The van der Waals surface area contributed by atoms with Gasteiger partial charge < -0.3 is 20.6 Å². The zero-order valence-electron chi connectivity index (χ0n) is 11.7. The van der Waals surface area contributed by atoms with E-state index in [-0.39, 0.29) is 0 Å². The van der Waals surface area contributed by atoms with Gasteiger partial charge in [0.15, 0.2) is 0 Å². The molecule has 4 nitrogen and oxygen atoms in total. The van der Waals surface area contributed by atoms with E-state index in [4.69, 9.17) is 5.11 Å². The lowest BCUT2D eigenvalue weighted by molar-refractivity contribution is 0.291. The Bertz CT molecular complexity index is 121. The summed E-state index contributed by atoms with van der Waals surface area (Å²) in [5.41, 5.74) is 0. The summed E-state index contributed by atoms with van der Waals surface area (Å²) in [6, 6.07) is 0. The summed E-state index contributed by atoms with van der Waals surface area (Å²) in [4.78, 5) is 2.33. The molecule has 2 heterocycles. The zero-order chi connectivity index (χ0) is 12.8. The fourth-order valence-electron chi connectivity index (χ4n) is 1.58. The molecule has 2 aliphatic rings. The minimum absolute atomic E-state index is 0.319. The maximum absolute atomic E-state index is 7.88. The van der Waals surface area contributed by atoms with E-state index in [0.717, 1.165) is 19.5 Å². The van der Waals surface area contributed by atoms with Gasteiger partial charge in [-0.1, -0.05) is 13.3 Å². The first-order valence-corrected chi connectivity index (χ1v) is 7.02. The van der Waals surface area contributed by atoms with Gasteiger partial charge in [-0.3, -0.25) is 0 Å². The second-order valence-electron chi connectivity index (χ2n) is 4.59. The van der Waals surface area contributed by atoms with Gasteiger partial charge in [0, 0.05) is 32.8 Å². The maximum atomic E-state index is 7.88. The molecule has 0 aromatic carbocycles. The van der Waals surface area contributed by atoms with Crippen molar-refractivity contribution in [1.29, 1.82) is 0 Å². The molecule has 2 saturated heterocycles. The van der Waals surface area contributed by atoms with Crippen LogP contribution < -0.4 is 10.6 Å². The third kappa shape index (κ3) is 13.8. The van der Waals surface area contributed by atoms with Gasteiger partial charge in [0.25, 0.3) is 0 Å². The number of piperazine rings is 1.